The Labute approximate surface area is 111 Å². The smallest absolute Gasteiger partial charge is 0.332 e. The number of carboxylic acid groups (broad SMARTS) is 1. The maximum Gasteiger partial charge on any atom is 0.332 e. The van der Waals surface area contributed by atoms with E-state index in [4.69, 9.17) is 9.84 Å². The number of ether oxygens (including phenoxy) is 1. The van der Waals surface area contributed by atoms with E-state index in [1.165, 1.54) is 19.0 Å². The molecule has 0 bridgehead atoms. The molecule has 1 aliphatic rings. The molecule has 3 amide bonds. The predicted octanol–water partition coefficient (Wildman–Crippen LogP) is -0.994. The van der Waals surface area contributed by atoms with Crippen LogP contribution >= 0.6 is 0 Å². The van der Waals surface area contributed by atoms with Crippen molar-refractivity contribution in [2.24, 2.45) is 0 Å². The van der Waals surface area contributed by atoms with Crippen LogP contribution in [0.4, 0.5) is 4.79 Å². The number of carboxylic acids is 1. The molecule has 0 radical (unpaired) electrons. The molecule has 1 rings (SSSR count). The van der Waals surface area contributed by atoms with Gasteiger partial charge in [-0.3, -0.25) is 4.79 Å². The number of rotatable bonds is 5. The highest BCUT2D eigenvalue weighted by molar-refractivity contribution is 5.83. The summed E-state index contributed by atoms with van der Waals surface area (Å²) in [6, 6.07) is -0.397. The minimum Gasteiger partial charge on any atom is -0.479 e. The van der Waals surface area contributed by atoms with Crippen molar-refractivity contribution < 1.29 is 24.2 Å². The van der Waals surface area contributed by atoms with E-state index in [1.54, 1.807) is 0 Å². The van der Waals surface area contributed by atoms with Crippen LogP contribution in [0.1, 0.15) is 12.8 Å². The molecular weight excluding hydrogens is 254 g/mol. The van der Waals surface area contributed by atoms with Gasteiger partial charge in [-0.25, -0.2) is 9.59 Å². The molecule has 0 aromatic carbocycles. The highest BCUT2D eigenvalue weighted by Gasteiger charge is 2.30. The van der Waals surface area contributed by atoms with Crippen molar-refractivity contribution in [3.05, 3.63) is 0 Å². The van der Waals surface area contributed by atoms with Crippen LogP contribution in [-0.4, -0.2) is 67.3 Å². The third-order valence-corrected chi connectivity index (χ3v) is 2.87. The van der Waals surface area contributed by atoms with Crippen LogP contribution in [0.2, 0.25) is 0 Å². The van der Waals surface area contributed by atoms with Crippen molar-refractivity contribution in [3.8, 4) is 0 Å². The van der Waals surface area contributed by atoms with Gasteiger partial charge in [-0.05, 0) is 12.8 Å². The highest BCUT2D eigenvalue weighted by atomic mass is 16.5. The normalized spacial score (nSPS) is 21.8. The van der Waals surface area contributed by atoms with Crippen molar-refractivity contribution in [1.29, 1.82) is 0 Å². The Kier molecular flexibility index (Phi) is 5.56. The van der Waals surface area contributed by atoms with Gasteiger partial charge in [-0.15, -0.1) is 0 Å². The van der Waals surface area contributed by atoms with Gasteiger partial charge in [-0.2, -0.15) is 0 Å². The molecular formula is C11H19N3O5. The van der Waals surface area contributed by atoms with E-state index >= 15 is 0 Å². The molecule has 0 spiro atoms. The third kappa shape index (κ3) is 4.74. The molecule has 2 unspecified atom stereocenters. The van der Waals surface area contributed by atoms with Crippen LogP contribution in [0.25, 0.3) is 0 Å². The zero-order chi connectivity index (χ0) is 14.4. The lowest BCUT2D eigenvalue weighted by molar-refractivity contribution is -0.149. The summed E-state index contributed by atoms with van der Waals surface area (Å²) in [5.41, 5.74) is 0. The lowest BCUT2D eigenvalue weighted by Gasteiger charge is -2.18. The summed E-state index contributed by atoms with van der Waals surface area (Å²) in [6.45, 7) is 0.201. The molecule has 3 N–H and O–H groups in total. The van der Waals surface area contributed by atoms with Crippen molar-refractivity contribution in [3.63, 3.8) is 0 Å². The fraction of sp³-hybridized carbons (Fsp3) is 0.727. The first kappa shape index (κ1) is 15.2. The molecule has 0 aromatic heterocycles. The number of carbonyl (C=O) groups is 3. The molecule has 19 heavy (non-hydrogen) atoms. The second kappa shape index (κ2) is 6.93. The highest BCUT2D eigenvalue weighted by Crippen LogP contribution is 2.19. The van der Waals surface area contributed by atoms with Crippen LogP contribution in [0.3, 0.4) is 0 Å². The Balaban J connectivity index is 2.27. The molecule has 108 valence electrons. The monoisotopic (exact) mass is 273 g/mol. The van der Waals surface area contributed by atoms with Crippen molar-refractivity contribution in [1.82, 2.24) is 15.5 Å². The van der Waals surface area contributed by atoms with E-state index < -0.39 is 18.1 Å². The summed E-state index contributed by atoms with van der Waals surface area (Å²) in [7, 11) is 2.99. The Bertz CT molecular complexity index is 360. The van der Waals surface area contributed by atoms with Gasteiger partial charge in [0.05, 0.1) is 6.10 Å². The van der Waals surface area contributed by atoms with Gasteiger partial charge in [0.1, 0.15) is 6.54 Å². The Hall–Kier alpha value is -1.83. The number of hydrogen-bond acceptors (Lipinski definition) is 4. The zero-order valence-electron chi connectivity index (χ0n) is 11.0. The fourth-order valence-corrected chi connectivity index (χ4v) is 1.74. The Morgan fingerprint density at radius 3 is 2.58 bits per heavy atom. The van der Waals surface area contributed by atoms with E-state index in [-0.39, 0.29) is 25.1 Å². The summed E-state index contributed by atoms with van der Waals surface area (Å²) in [6.07, 6.45) is -0.0377. The number of nitrogens with one attached hydrogen (secondary N) is 2. The first-order valence-electron chi connectivity index (χ1n) is 6.01. The van der Waals surface area contributed by atoms with Gasteiger partial charge in [0.15, 0.2) is 6.10 Å². The lowest BCUT2D eigenvalue weighted by Crippen LogP contribution is -2.44. The van der Waals surface area contributed by atoms with E-state index in [1.807, 2.05) is 0 Å². The summed E-state index contributed by atoms with van der Waals surface area (Å²) < 4.78 is 5.24. The number of hydrogen-bond donors (Lipinski definition) is 3. The van der Waals surface area contributed by atoms with Gasteiger partial charge >= 0.3 is 12.0 Å². The van der Waals surface area contributed by atoms with E-state index in [2.05, 4.69) is 10.6 Å². The van der Waals surface area contributed by atoms with Crippen molar-refractivity contribution in [2.75, 3.05) is 27.2 Å². The van der Waals surface area contributed by atoms with E-state index in [0.717, 1.165) is 0 Å². The van der Waals surface area contributed by atoms with Crippen LogP contribution in [-0.2, 0) is 14.3 Å². The third-order valence-electron chi connectivity index (χ3n) is 2.87. The number of nitrogens with zero attached hydrogens (tertiary/aromatic N) is 1. The second-order valence-corrected chi connectivity index (χ2v) is 4.38. The molecule has 1 fully saturated rings. The maximum atomic E-state index is 11.6. The van der Waals surface area contributed by atoms with Crippen LogP contribution in [0.15, 0.2) is 0 Å². The quantitative estimate of drug-likeness (QED) is 0.596. The molecule has 8 nitrogen and oxygen atoms in total. The summed E-state index contributed by atoms with van der Waals surface area (Å²) in [4.78, 5) is 34.6. The second-order valence-electron chi connectivity index (χ2n) is 4.38. The molecule has 2 atom stereocenters. The van der Waals surface area contributed by atoms with Crippen LogP contribution in [0, 0.1) is 0 Å². The first-order chi connectivity index (χ1) is 8.93. The molecule has 1 aliphatic heterocycles. The molecule has 0 saturated carbocycles. The number of carbonyl (C=O) groups excluding carboxylic acids is 2. The minimum absolute atomic E-state index is 0.0361. The van der Waals surface area contributed by atoms with Gasteiger partial charge in [-0.1, -0.05) is 0 Å². The number of aliphatic carboxylic acids is 1. The van der Waals surface area contributed by atoms with E-state index in [9.17, 15) is 14.4 Å². The summed E-state index contributed by atoms with van der Waals surface area (Å²) >= 11 is 0. The molecule has 0 aromatic rings. The largest absolute Gasteiger partial charge is 0.479 e. The average Bonchev–Trinajstić information content (AvgIpc) is 2.84. The standard InChI is InChI=1S/C11H19N3O5/c1-12-9(15)6-14(2)11(18)13-5-7-3-4-8(19-7)10(16)17/h7-8H,3-6H2,1-2H3,(H,12,15)(H,13,18)(H,16,17). The predicted molar refractivity (Wildman–Crippen MR) is 65.6 cm³/mol. The van der Waals surface area contributed by atoms with Gasteiger partial charge in [0, 0.05) is 20.6 Å². The summed E-state index contributed by atoms with van der Waals surface area (Å²) in [5.74, 6) is -1.24. The van der Waals surface area contributed by atoms with Gasteiger partial charge in [0.25, 0.3) is 0 Å². The Morgan fingerprint density at radius 2 is 2.05 bits per heavy atom. The average molecular weight is 273 g/mol. The minimum atomic E-state index is -0.981. The lowest BCUT2D eigenvalue weighted by atomic mass is 10.2. The Morgan fingerprint density at radius 1 is 1.37 bits per heavy atom. The van der Waals surface area contributed by atoms with Gasteiger partial charge < -0.3 is 25.4 Å². The number of urea groups is 1. The molecule has 1 saturated heterocycles. The van der Waals surface area contributed by atoms with Crippen molar-refractivity contribution in [2.45, 2.75) is 25.0 Å². The van der Waals surface area contributed by atoms with Crippen LogP contribution in [0.5, 0.6) is 0 Å². The van der Waals surface area contributed by atoms with Crippen LogP contribution < -0.4 is 10.6 Å². The molecule has 8 heteroatoms. The SMILES string of the molecule is CNC(=O)CN(C)C(=O)NCC1CCC(C(=O)O)O1. The first-order valence-corrected chi connectivity index (χ1v) is 6.01. The topological polar surface area (TPSA) is 108 Å². The fourth-order valence-electron chi connectivity index (χ4n) is 1.74. The summed E-state index contributed by atoms with van der Waals surface area (Å²) in [5, 5.41) is 13.8. The van der Waals surface area contributed by atoms with E-state index in [0.29, 0.717) is 12.8 Å². The number of likely N-dealkylation sites (N-methyl/N-ethyl adjacent to an activating group) is 2. The molecule has 0 aliphatic carbocycles. The maximum absolute atomic E-state index is 11.6. The van der Waals surface area contributed by atoms with Gasteiger partial charge in [0.2, 0.25) is 5.91 Å². The zero-order valence-corrected chi connectivity index (χ0v) is 11.0. The van der Waals surface area contributed by atoms with Crippen molar-refractivity contribution >= 4 is 17.9 Å². The molecule has 1 heterocycles. The number of amides is 3.